The highest BCUT2D eigenvalue weighted by Crippen LogP contribution is 2.07. The molecule has 2 N–H and O–H groups in total. The predicted molar refractivity (Wildman–Crippen MR) is 71.8 cm³/mol. The summed E-state index contributed by atoms with van der Waals surface area (Å²) in [6.07, 6.45) is 1.74. The number of tetrazole rings is 1. The zero-order valence-corrected chi connectivity index (χ0v) is 11.0. The van der Waals surface area contributed by atoms with E-state index < -0.39 is 0 Å². The van der Waals surface area contributed by atoms with E-state index in [0.717, 1.165) is 24.4 Å². The zero-order chi connectivity index (χ0) is 13.5. The van der Waals surface area contributed by atoms with Crippen LogP contribution in [0.1, 0.15) is 25.6 Å². The maximum atomic E-state index is 8.80. The van der Waals surface area contributed by atoms with Gasteiger partial charge in [-0.1, -0.05) is 18.2 Å². The van der Waals surface area contributed by atoms with Crippen LogP contribution in [0.2, 0.25) is 0 Å². The lowest BCUT2D eigenvalue weighted by Gasteiger charge is -2.12. The lowest BCUT2D eigenvalue weighted by molar-refractivity contribution is 0.276. The average molecular weight is 261 g/mol. The van der Waals surface area contributed by atoms with Crippen molar-refractivity contribution in [3.8, 4) is 5.69 Å². The quantitative estimate of drug-likeness (QED) is 0.775. The normalized spacial score (nSPS) is 12.5. The number of para-hydroxylation sites is 1. The van der Waals surface area contributed by atoms with Crippen molar-refractivity contribution < 1.29 is 5.11 Å². The molecule has 0 amide bonds. The van der Waals surface area contributed by atoms with Crippen molar-refractivity contribution in [2.75, 3.05) is 6.61 Å². The molecule has 0 saturated heterocycles. The first-order chi connectivity index (χ1) is 9.31. The molecule has 0 radical (unpaired) electrons. The van der Waals surface area contributed by atoms with Gasteiger partial charge in [0.1, 0.15) is 0 Å². The van der Waals surface area contributed by atoms with Gasteiger partial charge in [-0.25, -0.2) is 0 Å². The SMILES string of the molecule is CC(CCCO)NCc1nnnn1-c1ccccc1. The molecule has 0 saturated carbocycles. The summed E-state index contributed by atoms with van der Waals surface area (Å²) < 4.78 is 1.73. The van der Waals surface area contributed by atoms with Gasteiger partial charge in [-0.15, -0.1) is 5.10 Å². The van der Waals surface area contributed by atoms with E-state index in [1.807, 2.05) is 30.3 Å². The van der Waals surface area contributed by atoms with E-state index in [1.165, 1.54) is 0 Å². The second-order valence-corrected chi connectivity index (χ2v) is 4.49. The van der Waals surface area contributed by atoms with Gasteiger partial charge < -0.3 is 10.4 Å². The van der Waals surface area contributed by atoms with Gasteiger partial charge in [0.2, 0.25) is 0 Å². The minimum absolute atomic E-state index is 0.230. The third kappa shape index (κ3) is 3.84. The van der Waals surface area contributed by atoms with Gasteiger partial charge in [0.05, 0.1) is 12.2 Å². The number of rotatable bonds is 7. The largest absolute Gasteiger partial charge is 0.396 e. The molecule has 1 atom stereocenters. The first-order valence-corrected chi connectivity index (χ1v) is 6.48. The lowest BCUT2D eigenvalue weighted by atomic mass is 10.2. The Bertz CT molecular complexity index is 485. The van der Waals surface area contributed by atoms with Crippen molar-refractivity contribution in [2.24, 2.45) is 0 Å². The Kier molecular flexibility index (Phi) is 5.00. The highest BCUT2D eigenvalue weighted by atomic mass is 16.2. The highest BCUT2D eigenvalue weighted by molar-refractivity contribution is 5.30. The summed E-state index contributed by atoms with van der Waals surface area (Å²) in [5, 5.41) is 23.9. The van der Waals surface area contributed by atoms with Crippen LogP contribution in [0.5, 0.6) is 0 Å². The molecule has 1 aromatic heterocycles. The van der Waals surface area contributed by atoms with Crippen LogP contribution in [0.3, 0.4) is 0 Å². The lowest BCUT2D eigenvalue weighted by Crippen LogP contribution is -2.27. The number of hydrogen-bond donors (Lipinski definition) is 2. The Hall–Kier alpha value is -1.79. The Labute approximate surface area is 112 Å². The molecular formula is C13H19N5O. The number of nitrogens with zero attached hydrogens (tertiary/aromatic N) is 4. The topological polar surface area (TPSA) is 75.9 Å². The number of aliphatic hydroxyl groups excluding tert-OH is 1. The maximum absolute atomic E-state index is 8.80. The summed E-state index contributed by atoms with van der Waals surface area (Å²) in [6, 6.07) is 10.1. The van der Waals surface area contributed by atoms with E-state index in [-0.39, 0.29) is 6.61 Å². The molecule has 2 aromatic rings. The average Bonchev–Trinajstić information content (AvgIpc) is 2.92. The van der Waals surface area contributed by atoms with Crippen molar-refractivity contribution in [2.45, 2.75) is 32.4 Å². The van der Waals surface area contributed by atoms with E-state index in [9.17, 15) is 0 Å². The summed E-state index contributed by atoms with van der Waals surface area (Å²) in [4.78, 5) is 0. The molecule has 0 bridgehead atoms. The number of nitrogens with one attached hydrogen (secondary N) is 1. The van der Waals surface area contributed by atoms with Crippen molar-refractivity contribution in [1.29, 1.82) is 0 Å². The Morgan fingerprint density at radius 1 is 1.32 bits per heavy atom. The van der Waals surface area contributed by atoms with Crippen LogP contribution in [-0.4, -0.2) is 38.0 Å². The second-order valence-electron chi connectivity index (χ2n) is 4.49. The third-order valence-corrected chi connectivity index (χ3v) is 2.94. The highest BCUT2D eigenvalue weighted by Gasteiger charge is 2.09. The van der Waals surface area contributed by atoms with E-state index in [0.29, 0.717) is 12.6 Å². The molecule has 6 nitrogen and oxygen atoms in total. The fourth-order valence-corrected chi connectivity index (χ4v) is 1.85. The van der Waals surface area contributed by atoms with Gasteiger partial charge in [0, 0.05) is 12.6 Å². The van der Waals surface area contributed by atoms with Crippen LogP contribution < -0.4 is 5.32 Å². The Balaban J connectivity index is 1.97. The van der Waals surface area contributed by atoms with Gasteiger partial charge in [-0.05, 0) is 42.3 Å². The van der Waals surface area contributed by atoms with Crippen molar-refractivity contribution in [1.82, 2.24) is 25.5 Å². The van der Waals surface area contributed by atoms with E-state index in [2.05, 4.69) is 27.8 Å². The van der Waals surface area contributed by atoms with E-state index in [4.69, 9.17) is 5.11 Å². The molecule has 0 aliphatic heterocycles. The summed E-state index contributed by atoms with van der Waals surface area (Å²) >= 11 is 0. The minimum Gasteiger partial charge on any atom is -0.396 e. The smallest absolute Gasteiger partial charge is 0.170 e. The van der Waals surface area contributed by atoms with Crippen molar-refractivity contribution >= 4 is 0 Å². The molecule has 1 heterocycles. The summed E-state index contributed by atoms with van der Waals surface area (Å²) in [6.45, 7) is 2.93. The third-order valence-electron chi connectivity index (χ3n) is 2.94. The second kappa shape index (κ2) is 6.96. The minimum atomic E-state index is 0.230. The number of hydrogen-bond acceptors (Lipinski definition) is 5. The van der Waals surface area contributed by atoms with Gasteiger partial charge in [-0.2, -0.15) is 4.68 Å². The fourth-order valence-electron chi connectivity index (χ4n) is 1.85. The summed E-state index contributed by atoms with van der Waals surface area (Å²) in [7, 11) is 0. The van der Waals surface area contributed by atoms with Crippen LogP contribution in [-0.2, 0) is 6.54 Å². The van der Waals surface area contributed by atoms with Gasteiger partial charge in [-0.3, -0.25) is 0 Å². The van der Waals surface area contributed by atoms with E-state index in [1.54, 1.807) is 4.68 Å². The predicted octanol–water partition coefficient (Wildman–Crippen LogP) is 0.913. The molecule has 6 heteroatoms. The maximum Gasteiger partial charge on any atom is 0.170 e. The van der Waals surface area contributed by atoms with Crippen LogP contribution in [0.25, 0.3) is 5.69 Å². The van der Waals surface area contributed by atoms with Gasteiger partial charge in [0.15, 0.2) is 5.82 Å². The molecule has 0 spiro atoms. The zero-order valence-electron chi connectivity index (χ0n) is 11.0. The number of benzene rings is 1. The molecule has 0 fully saturated rings. The summed E-state index contributed by atoms with van der Waals surface area (Å²) in [5.74, 6) is 0.780. The van der Waals surface area contributed by atoms with E-state index >= 15 is 0 Å². The standard InChI is InChI=1S/C13H19N5O/c1-11(6-5-9-19)14-10-13-15-16-17-18(13)12-7-3-2-4-8-12/h2-4,7-8,11,14,19H,5-6,9-10H2,1H3. The van der Waals surface area contributed by atoms with Gasteiger partial charge >= 0.3 is 0 Å². The molecule has 0 aliphatic carbocycles. The molecule has 1 aromatic carbocycles. The molecule has 2 rings (SSSR count). The molecular weight excluding hydrogens is 242 g/mol. The Morgan fingerprint density at radius 3 is 2.84 bits per heavy atom. The molecule has 19 heavy (non-hydrogen) atoms. The van der Waals surface area contributed by atoms with Crippen LogP contribution in [0, 0.1) is 0 Å². The first kappa shape index (κ1) is 13.6. The van der Waals surface area contributed by atoms with Gasteiger partial charge in [0.25, 0.3) is 0 Å². The number of aromatic nitrogens is 4. The first-order valence-electron chi connectivity index (χ1n) is 6.48. The van der Waals surface area contributed by atoms with Crippen LogP contribution in [0.4, 0.5) is 0 Å². The summed E-state index contributed by atoms with van der Waals surface area (Å²) in [5.41, 5.74) is 0.951. The van der Waals surface area contributed by atoms with Crippen LogP contribution >= 0.6 is 0 Å². The van der Waals surface area contributed by atoms with Crippen molar-refractivity contribution in [3.63, 3.8) is 0 Å². The monoisotopic (exact) mass is 261 g/mol. The van der Waals surface area contributed by atoms with Crippen LogP contribution in [0.15, 0.2) is 30.3 Å². The molecule has 0 aliphatic rings. The van der Waals surface area contributed by atoms with Crippen molar-refractivity contribution in [3.05, 3.63) is 36.2 Å². The fraction of sp³-hybridized carbons (Fsp3) is 0.462. The molecule has 1 unspecified atom stereocenters. The molecule has 102 valence electrons. The Morgan fingerprint density at radius 2 is 2.11 bits per heavy atom. The number of aliphatic hydroxyl groups is 1.